The van der Waals surface area contributed by atoms with Gasteiger partial charge in [0.1, 0.15) is 11.3 Å². The first-order valence-corrected chi connectivity index (χ1v) is 15.8. The van der Waals surface area contributed by atoms with Gasteiger partial charge in [0, 0.05) is 32.9 Å². The summed E-state index contributed by atoms with van der Waals surface area (Å²) in [6.45, 7) is 5.20. The minimum absolute atomic E-state index is 0.0765. The zero-order chi connectivity index (χ0) is 33.4. The monoisotopic (exact) mass is 669 g/mol. The summed E-state index contributed by atoms with van der Waals surface area (Å²) < 4.78 is 40.7. The largest absolute Gasteiger partial charge is 0.494 e. The number of methoxy groups -OCH3 is 1. The number of ether oxygens (including phenoxy) is 1. The lowest BCUT2D eigenvalue weighted by Gasteiger charge is -2.25. The van der Waals surface area contributed by atoms with E-state index in [0.29, 0.717) is 44.9 Å². The predicted octanol–water partition coefficient (Wildman–Crippen LogP) is 6.79. The summed E-state index contributed by atoms with van der Waals surface area (Å²) in [6, 6.07) is 12.9. The molecule has 4 N–H and O–H groups in total. The second-order valence-corrected chi connectivity index (χ2v) is 13.9. The zero-order valence-corrected chi connectivity index (χ0v) is 28.0. The van der Waals surface area contributed by atoms with Gasteiger partial charge >= 0.3 is 0 Å². The summed E-state index contributed by atoms with van der Waals surface area (Å²) in [5.74, 6) is -1.06. The molecule has 0 bridgehead atoms. The Hall–Kier alpha value is -4.13. The van der Waals surface area contributed by atoms with E-state index >= 15 is 4.39 Å². The molecule has 5 aromatic rings. The van der Waals surface area contributed by atoms with Crippen LogP contribution < -0.4 is 15.8 Å². The molecule has 242 valence electrons. The summed E-state index contributed by atoms with van der Waals surface area (Å²) >= 11 is 7.75. The fraction of sp³-hybridized carbons (Fsp3) is 0.303. The number of thioether (sulfide) groups is 1. The Balaban J connectivity index is 1.46. The van der Waals surface area contributed by atoms with Crippen molar-refractivity contribution in [2.45, 2.75) is 30.2 Å². The van der Waals surface area contributed by atoms with Crippen LogP contribution in [0.3, 0.4) is 0 Å². The van der Waals surface area contributed by atoms with E-state index < -0.39 is 23.0 Å². The number of aromatic amines is 1. The number of nitrogens with two attached hydrogens (primary N) is 1. The van der Waals surface area contributed by atoms with Crippen LogP contribution in [-0.2, 0) is 11.2 Å². The highest BCUT2D eigenvalue weighted by molar-refractivity contribution is 7.98. The fourth-order valence-electron chi connectivity index (χ4n) is 5.00. The Kier molecular flexibility index (Phi) is 9.35. The molecule has 2 heterocycles. The van der Waals surface area contributed by atoms with Crippen molar-refractivity contribution in [1.29, 1.82) is 0 Å². The molecule has 3 aromatic carbocycles. The van der Waals surface area contributed by atoms with Crippen molar-refractivity contribution < 1.29 is 27.3 Å². The Morgan fingerprint density at radius 2 is 1.89 bits per heavy atom. The van der Waals surface area contributed by atoms with Crippen molar-refractivity contribution >= 4 is 46.1 Å². The number of amides is 1. The van der Waals surface area contributed by atoms with Crippen LogP contribution in [0.15, 0.2) is 58.2 Å². The Bertz CT molecular complexity index is 1890. The van der Waals surface area contributed by atoms with E-state index in [4.69, 9.17) is 31.6 Å². The molecule has 0 fully saturated rings. The molecule has 0 unspecified atom stereocenters. The first-order chi connectivity index (χ1) is 21.7. The smallest absolute Gasteiger partial charge is 0.251 e. The maximum Gasteiger partial charge on any atom is 0.251 e. The van der Waals surface area contributed by atoms with E-state index in [-0.39, 0.29) is 33.5 Å². The van der Waals surface area contributed by atoms with Crippen molar-refractivity contribution in [1.82, 2.24) is 20.4 Å². The van der Waals surface area contributed by atoms with Gasteiger partial charge in [-0.2, -0.15) is 0 Å². The SMILES string of the molecule is COc1cc(-c2nc(SCc3c(F)cc(C(=O)NCC[N+](C)(C)C)cc3Cl)[nH]c2C(C)(C)c2ccc3noc(N)c3c2)ccc1F. The molecule has 0 aliphatic carbocycles. The third kappa shape index (κ3) is 6.98. The van der Waals surface area contributed by atoms with Crippen molar-refractivity contribution in [3.05, 3.63) is 87.6 Å². The number of likely N-dealkylation sites (N-methyl/N-ethyl adjacent to an activating group) is 1. The van der Waals surface area contributed by atoms with Gasteiger partial charge in [0.2, 0.25) is 5.88 Å². The van der Waals surface area contributed by atoms with Crippen molar-refractivity contribution in [3.63, 3.8) is 0 Å². The number of nitrogens with one attached hydrogen (secondary N) is 2. The molecule has 0 saturated heterocycles. The van der Waals surface area contributed by atoms with E-state index in [1.165, 1.54) is 37.1 Å². The normalized spacial score (nSPS) is 12.1. The molecule has 46 heavy (non-hydrogen) atoms. The number of hydrogen-bond donors (Lipinski definition) is 3. The molecule has 9 nitrogen and oxygen atoms in total. The number of hydrogen-bond acceptors (Lipinski definition) is 7. The lowest BCUT2D eigenvalue weighted by molar-refractivity contribution is -0.869. The fourth-order valence-corrected chi connectivity index (χ4v) is 6.26. The Morgan fingerprint density at radius 1 is 1.13 bits per heavy atom. The second-order valence-electron chi connectivity index (χ2n) is 12.5. The van der Waals surface area contributed by atoms with E-state index in [9.17, 15) is 9.18 Å². The number of nitrogen functional groups attached to an aromatic ring is 1. The van der Waals surface area contributed by atoms with Crippen LogP contribution in [0.1, 0.15) is 41.0 Å². The first kappa shape index (κ1) is 33.2. The lowest BCUT2D eigenvalue weighted by Crippen LogP contribution is -2.41. The lowest BCUT2D eigenvalue weighted by atomic mass is 9.79. The number of quaternary nitrogens is 1. The van der Waals surface area contributed by atoms with E-state index in [1.54, 1.807) is 12.1 Å². The molecule has 13 heteroatoms. The van der Waals surface area contributed by atoms with Gasteiger partial charge in [-0.3, -0.25) is 4.79 Å². The summed E-state index contributed by atoms with van der Waals surface area (Å²) in [5, 5.41) is 8.10. The van der Waals surface area contributed by atoms with Crippen LogP contribution in [0.5, 0.6) is 5.75 Å². The number of halogens is 3. The third-order valence-corrected chi connectivity index (χ3v) is 9.02. The minimum Gasteiger partial charge on any atom is -0.494 e. The molecule has 0 aliphatic heterocycles. The Morgan fingerprint density at radius 3 is 2.59 bits per heavy atom. The number of nitrogens with zero attached hydrogens (tertiary/aromatic N) is 3. The van der Waals surface area contributed by atoms with Gasteiger partial charge in [-0.25, -0.2) is 13.8 Å². The van der Waals surface area contributed by atoms with Gasteiger partial charge in [0.05, 0.1) is 58.1 Å². The van der Waals surface area contributed by atoms with Crippen LogP contribution in [0, 0.1) is 11.6 Å². The van der Waals surface area contributed by atoms with Gasteiger partial charge in [-0.05, 0) is 48.0 Å². The number of carbonyl (C=O) groups is 1. The van der Waals surface area contributed by atoms with Crippen molar-refractivity contribution in [2.75, 3.05) is 47.1 Å². The topological polar surface area (TPSA) is 119 Å². The highest BCUT2D eigenvalue weighted by Crippen LogP contribution is 2.41. The zero-order valence-electron chi connectivity index (χ0n) is 26.4. The van der Waals surface area contributed by atoms with Crippen LogP contribution in [-0.4, -0.2) is 66.9 Å². The number of imidazole rings is 1. The molecule has 0 saturated carbocycles. The minimum atomic E-state index is -0.662. The molecular formula is C33H36ClF2N6O3S+. The quantitative estimate of drug-likeness (QED) is 0.105. The average molecular weight is 670 g/mol. The molecule has 5 rings (SSSR count). The van der Waals surface area contributed by atoms with Gasteiger partial charge in [-0.15, -0.1) is 0 Å². The summed E-state index contributed by atoms with van der Waals surface area (Å²) in [7, 11) is 7.46. The van der Waals surface area contributed by atoms with Crippen molar-refractivity contribution in [2.24, 2.45) is 0 Å². The Labute approximate surface area is 275 Å². The highest BCUT2D eigenvalue weighted by Gasteiger charge is 2.31. The maximum absolute atomic E-state index is 15.3. The molecule has 0 spiro atoms. The average Bonchev–Trinajstić information content (AvgIpc) is 3.60. The van der Waals surface area contributed by atoms with Crippen LogP contribution >= 0.6 is 23.4 Å². The van der Waals surface area contributed by atoms with Gasteiger partial charge in [0.25, 0.3) is 5.91 Å². The third-order valence-electron chi connectivity index (χ3n) is 7.78. The predicted molar refractivity (Wildman–Crippen MR) is 177 cm³/mol. The maximum atomic E-state index is 15.3. The second kappa shape index (κ2) is 12.9. The number of aromatic nitrogens is 3. The van der Waals surface area contributed by atoms with Crippen molar-refractivity contribution in [3.8, 4) is 17.0 Å². The van der Waals surface area contributed by atoms with Crippen LogP contribution in [0.4, 0.5) is 14.7 Å². The number of rotatable bonds is 11. The number of anilines is 1. The molecule has 0 radical (unpaired) electrons. The van der Waals surface area contributed by atoms with E-state index in [1.807, 2.05) is 53.2 Å². The standard InChI is InChI=1S/C33H35ClF2N6O3S/c1-33(2,20-8-10-26-21(16-20)30(37)45-41-26)29-28(18-7-9-24(35)27(15-18)44-6)39-32(40-29)46-17-22-23(34)13-19(14-25(22)36)31(43)38-11-12-42(3,4)5/h7-10,13-16H,11-12,17H2,1-6H3,(H3-,37,38,39,40,41,43)/p+1. The van der Waals surface area contributed by atoms with Crippen LogP contribution in [0.2, 0.25) is 5.02 Å². The number of fused-ring (bicyclic) bond motifs is 1. The molecule has 0 atom stereocenters. The highest BCUT2D eigenvalue weighted by atomic mass is 35.5. The molecular weight excluding hydrogens is 634 g/mol. The summed E-state index contributed by atoms with van der Waals surface area (Å²) in [4.78, 5) is 20.9. The molecule has 1 amide bonds. The van der Waals surface area contributed by atoms with Crippen LogP contribution in [0.25, 0.3) is 22.2 Å². The summed E-state index contributed by atoms with van der Waals surface area (Å²) in [6.07, 6.45) is 0. The van der Waals surface area contributed by atoms with E-state index in [0.717, 1.165) is 11.3 Å². The number of carbonyl (C=O) groups excluding carboxylic acids is 1. The number of benzene rings is 3. The first-order valence-electron chi connectivity index (χ1n) is 14.5. The molecule has 2 aromatic heterocycles. The van der Waals surface area contributed by atoms with E-state index in [2.05, 4.69) is 15.5 Å². The summed E-state index contributed by atoms with van der Waals surface area (Å²) in [5.41, 5.74) is 9.19. The number of H-pyrrole nitrogens is 1. The van der Waals surface area contributed by atoms with Gasteiger partial charge in [-0.1, -0.05) is 48.4 Å². The van der Waals surface area contributed by atoms with Gasteiger partial charge < -0.3 is 29.8 Å². The van der Waals surface area contributed by atoms with Gasteiger partial charge in [0.15, 0.2) is 16.7 Å². The molecule has 0 aliphatic rings.